The number of carbonyl (C=O) groups excluding carboxylic acids is 9. The van der Waals surface area contributed by atoms with Crippen LogP contribution in [-0.2, 0) is 24.0 Å². The molecule has 24 heteroatoms. The molecule has 0 spiro atoms. The van der Waals surface area contributed by atoms with Crippen LogP contribution in [0.1, 0.15) is 128 Å². The number of benzene rings is 4. The third-order valence-corrected chi connectivity index (χ3v) is 11.8. The van der Waals surface area contributed by atoms with Gasteiger partial charge in [0.15, 0.2) is 0 Å². The molecule has 81 heavy (non-hydrogen) atoms. The number of imide groups is 2. The van der Waals surface area contributed by atoms with Gasteiger partial charge in [-0.25, -0.2) is 0 Å². The molecular formula is C57H72N10O14. The number of nitrogens with one attached hydrogen (secondary N) is 4. The number of carbonyl (C=O) groups is 9. The first-order chi connectivity index (χ1) is 38.8. The van der Waals surface area contributed by atoms with Gasteiger partial charge in [0.05, 0.1) is 27.5 Å². The molecule has 0 bridgehead atoms. The minimum absolute atomic E-state index is 0.0141. The van der Waals surface area contributed by atoms with Crippen LogP contribution in [-0.4, -0.2) is 136 Å². The van der Waals surface area contributed by atoms with Crippen LogP contribution < -0.4 is 21.3 Å². The molecule has 2 aliphatic rings. The molecular weight excluding hydrogens is 1050 g/mol. The summed E-state index contributed by atoms with van der Waals surface area (Å²) in [5, 5.41) is 37.3. The van der Waals surface area contributed by atoms with E-state index in [2.05, 4.69) is 39.6 Å². The third kappa shape index (κ3) is 19.6. The molecule has 0 radical (unpaired) electrons. The average Bonchev–Trinajstić information content (AvgIpc) is 3.67. The molecule has 0 saturated carbocycles. The van der Waals surface area contributed by atoms with Gasteiger partial charge >= 0.3 is 0 Å². The number of nitro groups is 2. The molecule has 434 valence electrons. The Hall–Kier alpha value is -9.19. The van der Waals surface area contributed by atoms with Crippen LogP contribution in [0.25, 0.3) is 21.5 Å². The van der Waals surface area contributed by atoms with Crippen LogP contribution in [0.5, 0.6) is 0 Å². The fraction of sp³-hybridized carbons (Fsp3) is 0.386. The molecule has 4 aromatic rings. The quantitative estimate of drug-likeness (QED) is 0.00950. The Morgan fingerprint density at radius 1 is 0.691 bits per heavy atom. The number of hydrogen-bond acceptors (Lipinski definition) is 15. The lowest BCUT2D eigenvalue weighted by Gasteiger charge is -2.30. The van der Waals surface area contributed by atoms with E-state index < -0.39 is 57.2 Å². The highest BCUT2D eigenvalue weighted by atomic mass is 16.6. The number of allylic oxidation sites excluding steroid dienone is 3. The van der Waals surface area contributed by atoms with Crippen molar-refractivity contribution in [3.8, 4) is 0 Å². The predicted molar refractivity (Wildman–Crippen MR) is 307 cm³/mol. The van der Waals surface area contributed by atoms with Crippen molar-refractivity contribution in [2.24, 2.45) is 5.18 Å². The highest BCUT2D eigenvalue weighted by Gasteiger charge is 2.36. The third-order valence-electron chi connectivity index (χ3n) is 11.8. The maximum absolute atomic E-state index is 13.5. The first kappa shape index (κ1) is 67.9. The van der Waals surface area contributed by atoms with Crippen LogP contribution in [0.2, 0.25) is 0 Å². The fourth-order valence-electron chi connectivity index (χ4n) is 8.06. The largest absolute Gasteiger partial charge is 0.354 e. The molecule has 1 atom stereocenters. The first-order valence-corrected chi connectivity index (χ1v) is 26.5. The molecule has 0 aromatic heterocycles. The van der Waals surface area contributed by atoms with Crippen molar-refractivity contribution in [1.29, 1.82) is 0 Å². The normalized spacial score (nSPS) is 12.2. The van der Waals surface area contributed by atoms with E-state index in [1.54, 1.807) is 53.5 Å². The van der Waals surface area contributed by atoms with Gasteiger partial charge in [-0.2, -0.15) is 0 Å². The molecule has 4 N–H and O–H groups in total. The summed E-state index contributed by atoms with van der Waals surface area (Å²) in [5.41, 5.74) is 0.197. The van der Waals surface area contributed by atoms with E-state index in [1.165, 1.54) is 31.2 Å². The Bertz CT molecular complexity index is 3010. The second-order valence-electron chi connectivity index (χ2n) is 17.2. The number of nitrogens with zero attached hydrogens (tertiary/aromatic N) is 6. The van der Waals surface area contributed by atoms with Crippen LogP contribution in [0.15, 0.2) is 103 Å². The summed E-state index contributed by atoms with van der Waals surface area (Å²) in [7, 11) is 0. The Balaban J connectivity index is 0.000000606. The van der Waals surface area contributed by atoms with Gasteiger partial charge in [0, 0.05) is 110 Å². The van der Waals surface area contributed by atoms with Crippen LogP contribution in [0.3, 0.4) is 0 Å². The van der Waals surface area contributed by atoms with Gasteiger partial charge < -0.3 is 26.2 Å². The molecule has 9 amide bonds. The zero-order valence-corrected chi connectivity index (χ0v) is 46.9. The lowest BCUT2D eigenvalue weighted by atomic mass is 9.93. The van der Waals surface area contributed by atoms with Gasteiger partial charge in [-0.1, -0.05) is 96.3 Å². The van der Waals surface area contributed by atoms with Crippen LogP contribution in [0.4, 0.5) is 11.4 Å². The van der Waals surface area contributed by atoms with E-state index in [-0.39, 0.29) is 91.9 Å². The van der Waals surface area contributed by atoms with Crippen molar-refractivity contribution >= 4 is 86.1 Å². The Labute approximate surface area is 469 Å². The minimum atomic E-state index is -0.923. The van der Waals surface area contributed by atoms with Gasteiger partial charge in [0.1, 0.15) is 6.04 Å². The summed E-state index contributed by atoms with van der Waals surface area (Å²) in [6.45, 7) is 21.0. The monoisotopic (exact) mass is 1120 g/mol. The average molecular weight is 1120 g/mol. The van der Waals surface area contributed by atoms with Crippen molar-refractivity contribution in [1.82, 2.24) is 36.0 Å². The lowest BCUT2D eigenvalue weighted by molar-refractivity contribution is -0.384. The van der Waals surface area contributed by atoms with Gasteiger partial charge in [-0.15, -0.1) is 4.91 Å². The van der Waals surface area contributed by atoms with Gasteiger partial charge in [0.2, 0.25) is 23.6 Å². The number of rotatable bonds is 25. The van der Waals surface area contributed by atoms with Crippen LogP contribution >= 0.6 is 0 Å². The molecule has 0 aliphatic carbocycles. The number of nitro benzene ring substituents is 2. The molecule has 4 aromatic carbocycles. The van der Waals surface area contributed by atoms with Crippen molar-refractivity contribution in [2.45, 2.75) is 93.0 Å². The van der Waals surface area contributed by atoms with E-state index in [0.717, 1.165) is 9.80 Å². The predicted octanol–water partition coefficient (Wildman–Crippen LogP) is 7.48. The lowest BCUT2D eigenvalue weighted by Crippen LogP contribution is -2.48. The van der Waals surface area contributed by atoms with Crippen molar-refractivity contribution in [3.63, 3.8) is 0 Å². The summed E-state index contributed by atoms with van der Waals surface area (Å²) in [5.74, 6) is -4.80. The maximum atomic E-state index is 13.5. The summed E-state index contributed by atoms with van der Waals surface area (Å²) in [6, 6.07) is 13.9. The summed E-state index contributed by atoms with van der Waals surface area (Å²) in [6.07, 6.45) is 8.56. The SMILES string of the molecule is C/C=C/CCNC(=O)C(C)NC(=O)CNC(=O)CCC(=O)N=O.C=CC=C.CC.CC.CCCC(=O)N(CCCNCCN1C(=O)c2cccc3cc([N+](=O)[O-])cc(c23)C1=O)CCN1C(=O)c2cccc3cc([N+](=O)[O-])cc(c23)C1=O. The zero-order chi connectivity index (χ0) is 60.8. The molecule has 2 aliphatic heterocycles. The fourth-order valence-corrected chi connectivity index (χ4v) is 8.06. The highest BCUT2D eigenvalue weighted by molar-refractivity contribution is 6.27. The highest BCUT2D eigenvalue weighted by Crippen LogP contribution is 2.35. The summed E-state index contributed by atoms with van der Waals surface area (Å²) < 4.78 is 0. The van der Waals surface area contributed by atoms with Crippen molar-refractivity contribution in [3.05, 3.63) is 146 Å². The smallest absolute Gasteiger partial charge is 0.286 e. The van der Waals surface area contributed by atoms with E-state index in [0.29, 0.717) is 66.0 Å². The number of nitroso groups, excluding NO2 is 1. The minimum Gasteiger partial charge on any atom is -0.354 e. The van der Waals surface area contributed by atoms with E-state index >= 15 is 0 Å². The summed E-state index contributed by atoms with van der Waals surface area (Å²) in [4.78, 5) is 147. The second-order valence-corrected chi connectivity index (χ2v) is 17.2. The molecule has 0 saturated heterocycles. The van der Waals surface area contributed by atoms with Crippen molar-refractivity contribution < 1.29 is 53.0 Å². The van der Waals surface area contributed by atoms with Gasteiger partial charge in [-0.05, 0) is 62.6 Å². The number of hydrogen-bond donors (Lipinski definition) is 4. The second kappa shape index (κ2) is 35.3. The van der Waals surface area contributed by atoms with Crippen LogP contribution in [0, 0.1) is 25.1 Å². The molecule has 2 heterocycles. The van der Waals surface area contributed by atoms with Gasteiger partial charge in [-0.3, -0.25) is 73.2 Å². The van der Waals surface area contributed by atoms with E-state index in [4.69, 9.17) is 0 Å². The van der Waals surface area contributed by atoms with Crippen molar-refractivity contribution in [2.75, 3.05) is 52.4 Å². The summed E-state index contributed by atoms with van der Waals surface area (Å²) >= 11 is 0. The van der Waals surface area contributed by atoms with Gasteiger partial charge in [0.25, 0.3) is 40.9 Å². The Morgan fingerprint density at radius 3 is 1.69 bits per heavy atom. The first-order valence-electron chi connectivity index (χ1n) is 26.5. The van der Waals surface area contributed by atoms with E-state index in [9.17, 15) is 68.3 Å². The van der Waals surface area contributed by atoms with E-state index in [1.807, 2.05) is 53.7 Å². The number of non-ortho nitro benzene ring substituents is 2. The topological polar surface area (TPSA) is 327 Å². The standard InChI is InChI=1S/C35H32N6O9.C14H22N4O5.C4H6.2C2H6/c1-2-6-29(42)37(15-16-39-33(44)26-10-4-8-22-18-24(41(49)50)20-28(31(22)26)35(39)46)13-5-11-36-12-14-38-32(43)25-9-3-7-21-17-23(40(47)48)19-27(30(21)25)34(38)45;1-3-4-5-8-15-14(22)10(2)17-13(21)9-16-11(19)6-7-12(20)18-23;1-3-4-2;2*1-2/h3-4,7-10,17-20,36H,2,5-6,11-16H2,1H3;3-4,10H,5-9H2,1-2H3,(H,15,22)(H,16,19)(H,17,21);3-4H,1-2H2;2*1-2H3/b;4-3+;;;. The maximum Gasteiger partial charge on any atom is 0.286 e. The Kier molecular flexibility index (Phi) is 29.6. The molecule has 1 unspecified atom stereocenters. The zero-order valence-electron chi connectivity index (χ0n) is 46.9. The molecule has 6 rings (SSSR count). The molecule has 0 fully saturated rings. The molecule has 24 nitrogen and oxygen atoms in total. The number of amides is 9. The Morgan fingerprint density at radius 2 is 1.21 bits per heavy atom.